The van der Waals surface area contributed by atoms with Gasteiger partial charge in [-0.05, 0) is 121 Å². The molecule has 8 aromatic heterocycles. The predicted octanol–water partition coefficient (Wildman–Crippen LogP) is 25.7. The van der Waals surface area contributed by atoms with Gasteiger partial charge in [-0.1, -0.05) is 245 Å². The van der Waals surface area contributed by atoms with E-state index in [0.717, 1.165) is 86.2 Å². The number of aromatic amines is 1. The number of nitrogens with zero attached hydrogens (tertiary/aromatic N) is 10. The Morgan fingerprint density at radius 2 is 1.09 bits per heavy atom. The zero-order chi connectivity index (χ0) is 79.9. The topological polar surface area (TPSA) is 183 Å². The summed E-state index contributed by atoms with van der Waals surface area (Å²) >= 11 is 6.65. The zero-order valence-corrected chi connectivity index (χ0v) is 74.1. The average Bonchev–Trinajstić information content (AvgIpc) is 1.74. The third-order valence-electron chi connectivity index (χ3n) is 15.0. The molecular weight excluding hydrogens is 1350 g/mol. The normalized spacial score (nSPS) is 13.2. The number of H-pyrrole nitrogens is 1. The molecule has 0 radical (unpaired) electrons. The van der Waals surface area contributed by atoms with E-state index in [1.54, 1.807) is 64.3 Å². The van der Waals surface area contributed by atoms with Crippen LogP contribution in [0.5, 0.6) is 0 Å². The summed E-state index contributed by atoms with van der Waals surface area (Å²) in [6, 6.07) is 6.15. The summed E-state index contributed by atoms with van der Waals surface area (Å²) in [5, 5.41) is 17.4. The van der Waals surface area contributed by atoms with Gasteiger partial charge in [0.05, 0.1) is 62.6 Å². The maximum absolute atomic E-state index is 5.34. The molecule has 18 heteroatoms. The highest BCUT2D eigenvalue weighted by molar-refractivity contribution is 7.11. The Morgan fingerprint density at radius 1 is 0.505 bits per heavy atom. The maximum atomic E-state index is 5.34. The van der Waals surface area contributed by atoms with Crippen LogP contribution in [0.25, 0.3) is 6.08 Å². The molecule has 2 aliphatic heterocycles. The first-order valence-electron chi connectivity index (χ1n) is 35.6. The van der Waals surface area contributed by atoms with Crippen molar-refractivity contribution < 1.29 is 13.4 Å². The number of aromatic nitrogens is 9. The van der Waals surface area contributed by atoms with Gasteiger partial charge in [0, 0.05) is 103 Å². The van der Waals surface area contributed by atoms with Crippen molar-refractivity contribution in [2.45, 2.75) is 306 Å². The van der Waals surface area contributed by atoms with E-state index in [1.165, 1.54) is 38.0 Å². The van der Waals surface area contributed by atoms with Crippen LogP contribution in [-0.4, -0.2) is 62.0 Å². The van der Waals surface area contributed by atoms with Crippen LogP contribution in [-0.2, 0) is 43.3 Å². The smallest absolute Gasteiger partial charge is 0.191 e. The maximum Gasteiger partial charge on any atom is 0.191 e. The van der Waals surface area contributed by atoms with E-state index in [-0.39, 0.29) is 54.1 Å². The fraction of sp³-hybridized carbons (Fsp3) is 0.576. The Labute approximate surface area is 641 Å². The van der Waals surface area contributed by atoms with Crippen molar-refractivity contribution >= 4 is 63.2 Å². The van der Waals surface area contributed by atoms with Gasteiger partial charge in [-0.15, -0.1) is 22.7 Å². The Balaban J connectivity index is 0.000000572. The molecule has 10 rings (SSSR count). The number of rotatable bonds is 3. The summed E-state index contributed by atoms with van der Waals surface area (Å²) in [4.78, 5) is 28.3. The van der Waals surface area contributed by atoms with Gasteiger partial charge in [-0.25, -0.2) is 19.9 Å². The van der Waals surface area contributed by atoms with Crippen LogP contribution >= 0.6 is 45.7 Å². The summed E-state index contributed by atoms with van der Waals surface area (Å²) in [5.41, 5.74) is 15.4. The number of allylic oxidation sites excluding steroid dienone is 5. The van der Waals surface area contributed by atoms with Crippen molar-refractivity contribution in [3.63, 3.8) is 0 Å². The second-order valence-electron chi connectivity index (χ2n) is 36.0. The first-order valence-corrected chi connectivity index (χ1v) is 38.9. The molecule has 103 heavy (non-hydrogen) atoms. The summed E-state index contributed by atoms with van der Waals surface area (Å²) in [7, 11) is 0. The minimum absolute atomic E-state index is 0.0846. The minimum atomic E-state index is 0.0846. The second kappa shape index (κ2) is 39.7. The molecule has 0 unspecified atom stereocenters. The van der Waals surface area contributed by atoms with Crippen LogP contribution in [0.1, 0.15) is 303 Å². The van der Waals surface area contributed by atoms with Gasteiger partial charge in [0.25, 0.3) is 0 Å². The van der Waals surface area contributed by atoms with Crippen molar-refractivity contribution in [2.75, 3.05) is 6.54 Å². The zero-order valence-electron chi connectivity index (χ0n) is 70.9. The first-order chi connectivity index (χ1) is 46.6. The second-order valence-corrected chi connectivity index (χ2v) is 39.8. The van der Waals surface area contributed by atoms with Crippen LogP contribution in [0.3, 0.4) is 0 Å². The van der Waals surface area contributed by atoms with E-state index >= 15 is 0 Å². The lowest BCUT2D eigenvalue weighted by molar-refractivity contribution is 0.327. The number of aliphatic imine (C=N–C) groups is 2. The SMILES string of the molecule is C=CC1=NC(C(C)(C)C)=CC1.C=CC1=NCC=C1C(C)(C)C.C=Cc1cc(C(C)(C)C)[nH]n1.Cc1cc(C(C)(C)C)on1.Cc1cc(C(C)(C)C)sn1.Cc1nc(C(C)(C)C)co1.Cc1nc(C(C)(C)C)cs1.Cc1ncc(C(C)(C)C)o1.Cc1ncc(C(C)(C)C)s1.Cc1nscc1C(C)(C)C. The standard InChI is InChI=1S/2C10H15N.C9H14N2.3C8H13NO.4C8H13NS/c1-5-9-8(6-7-11-9)10(2,3)4;1-5-8-6-7-9(11-8)10(2,3)4;1-5-7-6-8(11-10-7)9(2,3)4;1-6-9-7(5-10-6)8(2,3)4;1-6-9-5-7(10-6)8(2,3)4;1-6-5-7(10-9-6)8(2,3)4;1-6-9-7(5-10-6)8(2,3)4;1-6-9-5-7(10-6)8(2,3)4;1-6-7(5-10-9-6)8(2,3)4;1-6-5-7(10-9-6)8(2,3)4/h5-6H,1,7H2,2-4H3;5,7H,1,6H2,2-4H3;5-6H,1H2,2-4H3,(H,10,11);7*5H,1-4H3. The van der Waals surface area contributed by atoms with Gasteiger partial charge < -0.3 is 13.4 Å². The van der Waals surface area contributed by atoms with Crippen LogP contribution < -0.4 is 0 Å². The third kappa shape index (κ3) is 36.3. The number of hydrogen-bond donors (Lipinski definition) is 1. The highest BCUT2D eigenvalue weighted by Crippen LogP contribution is 2.33. The Hall–Kier alpha value is -6.60. The van der Waals surface area contributed by atoms with Crippen molar-refractivity contribution in [1.29, 1.82) is 0 Å². The van der Waals surface area contributed by atoms with Gasteiger partial charge in [0.15, 0.2) is 11.8 Å². The summed E-state index contributed by atoms with van der Waals surface area (Å²) in [6.45, 7) is 90.7. The van der Waals surface area contributed by atoms with Gasteiger partial charge in [-0.3, -0.25) is 15.1 Å². The summed E-state index contributed by atoms with van der Waals surface area (Å²) in [5.74, 6) is 3.38. The van der Waals surface area contributed by atoms with Gasteiger partial charge in [-0.2, -0.15) is 13.8 Å². The fourth-order valence-corrected chi connectivity index (χ4v) is 11.8. The van der Waals surface area contributed by atoms with Crippen LogP contribution in [0.2, 0.25) is 0 Å². The molecular formula is C85H135N11O3S4. The first kappa shape index (κ1) is 94.4. The monoisotopic (exact) mass is 1490 g/mol. The van der Waals surface area contributed by atoms with Crippen LogP contribution in [0.15, 0.2) is 126 Å². The Kier molecular flexibility index (Phi) is 36.4. The number of oxazole rings is 2. The quantitative estimate of drug-likeness (QED) is 0.178. The molecule has 2 aliphatic rings. The van der Waals surface area contributed by atoms with E-state index < -0.39 is 0 Å². The molecule has 0 fully saturated rings. The molecule has 0 saturated heterocycles. The van der Waals surface area contributed by atoms with Crippen molar-refractivity contribution in [3.05, 3.63) is 191 Å². The van der Waals surface area contributed by atoms with Crippen molar-refractivity contribution in [1.82, 2.24) is 44.0 Å². The highest BCUT2D eigenvalue weighted by Gasteiger charge is 2.25. The Bertz CT molecular complexity index is 3560. The van der Waals surface area contributed by atoms with E-state index in [0.29, 0.717) is 0 Å². The van der Waals surface area contributed by atoms with Crippen LogP contribution in [0, 0.1) is 59.3 Å². The summed E-state index contributed by atoms with van der Waals surface area (Å²) in [6.07, 6.45) is 16.2. The molecule has 0 saturated carbocycles. The van der Waals surface area contributed by atoms with Gasteiger partial charge in [0.1, 0.15) is 17.8 Å². The molecule has 0 aromatic carbocycles. The molecule has 0 spiro atoms. The lowest BCUT2D eigenvalue weighted by atomic mass is 9.84. The predicted molar refractivity (Wildman–Crippen MR) is 449 cm³/mol. The van der Waals surface area contributed by atoms with E-state index in [2.05, 4.69) is 317 Å². The molecule has 572 valence electrons. The molecule has 0 bridgehead atoms. The number of hydrogen-bond acceptors (Lipinski definition) is 17. The lowest BCUT2D eigenvalue weighted by Gasteiger charge is -2.20. The molecule has 0 amide bonds. The molecule has 1 N–H and O–H groups in total. The van der Waals surface area contributed by atoms with Gasteiger partial charge in [0.2, 0.25) is 0 Å². The lowest BCUT2D eigenvalue weighted by Crippen LogP contribution is -2.14. The van der Waals surface area contributed by atoms with Crippen LogP contribution in [0.4, 0.5) is 0 Å². The molecule has 8 aromatic rings. The third-order valence-corrected chi connectivity index (χ3v) is 19.1. The van der Waals surface area contributed by atoms with Gasteiger partial charge >= 0.3 is 0 Å². The van der Waals surface area contributed by atoms with E-state index in [1.807, 2.05) is 72.0 Å². The summed E-state index contributed by atoms with van der Waals surface area (Å²) < 4.78 is 23.9. The average molecular weight is 1490 g/mol. The molecule has 10 heterocycles. The Morgan fingerprint density at radius 3 is 1.32 bits per heavy atom. The van der Waals surface area contributed by atoms with E-state index in [9.17, 15) is 0 Å². The number of thiazole rings is 2. The highest BCUT2D eigenvalue weighted by atomic mass is 32.1. The largest absolute Gasteiger partial charge is 0.449 e. The molecule has 14 nitrogen and oxygen atoms in total. The minimum Gasteiger partial charge on any atom is -0.449 e. The number of nitrogens with one attached hydrogen (secondary N) is 1. The fourth-order valence-electron chi connectivity index (χ4n) is 8.44. The molecule has 0 atom stereocenters. The molecule has 0 aliphatic carbocycles. The van der Waals surface area contributed by atoms with Crippen molar-refractivity contribution in [3.8, 4) is 0 Å². The van der Waals surface area contributed by atoms with E-state index in [4.69, 9.17) is 13.4 Å². The number of aryl methyl sites for hydroxylation is 7. The van der Waals surface area contributed by atoms with Crippen molar-refractivity contribution in [2.24, 2.45) is 20.8 Å².